The molecule has 0 aromatic carbocycles. The topological polar surface area (TPSA) is 17.1 Å². The first-order valence-corrected chi connectivity index (χ1v) is 8.02. The van der Waals surface area contributed by atoms with Gasteiger partial charge in [-0.05, 0) is 55.6 Å². The molecular weight excluding hydrogens is 216 g/mol. The highest BCUT2D eigenvalue weighted by Gasteiger charge is 2.40. The molecule has 0 amide bonds. The first-order chi connectivity index (χ1) is 7.83. The highest BCUT2D eigenvalue weighted by molar-refractivity contribution is 8.00. The molecule has 2 aliphatic carbocycles. The number of hydrogen-bond acceptors (Lipinski definition) is 2. The maximum atomic E-state index is 12.2. The summed E-state index contributed by atoms with van der Waals surface area (Å²) in [5.74, 6) is 4.48. The molecule has 2 bridgehead atoms. The molecule has 1 aliphatic heterocycles. The van der Waals surface area contributed by atoms with E-state index in [1.54, 1.807) is 0 Å². The zero-order chi connectivity index (χ0) is 11.0. The van der Waals surface area contributed by atoms with Gasteiger partial charge in [-0.25, -0.2) is 0 Å². The van der Waals surface area contributed by atoms with Crippen LogP contribution in [0.1, 0.15) is 51.4 Å². The van der Waals surface area contributed by atoms with Crippen molar-refractivity contribution in [2.24, 2.45) is 17.8 Å². The Labute approximate surface area is 103 Å². The van der Waals surface area contributed by atoms with Crippen molar-refractivity contribution >= 4 is 17.5 Å². The van der Waals surface area contributed by atoms with Gasteiger partial charge in [0.15, 0.2) is 0 Å². The molecule has 4 unspecified atom stereocenters. The lowest BCUT2D eigenvalue weighted by molar-refractivity contribution is -0.120. The molecule has 3 aliphatic rings. The van der Waals surface area contributed by atoms with E-state index in [0.29, 0.717) is 11.0 Å². The van der Waals surface area contributed by atoms with Crippen LogP contribution in [-0.2, 0) is 4.79 Å². The van der Waals surface area contributed by atoms with Gasteiger partial charge < -0.3 is 0 Å². The molecule has 1 heterocycles. The van der Waals surface area contributed by atoms with E-state index in [2.05, 4.69) is 0 Å². The van der Waals surface area contributed by atoms with E-state index >= 15 is 0 Å². The molecule has 0 radical (unpaired) electrons. The predicted octanol–water partition coefficient (Wildman–Crippen LogP) is 3.67. The second-order valence-electron chi connectivity index (χ2n) is 5.96. The quantitative estimate of drug-likeness (QED) is 0.746. The van der Waals surface area contributed by atoms with Crippen molar-refractivity contribution in [3.05, 3.63) is 0 Å². The van der Waals surface area contributed by atoms with Gasteiger partial charge in [0, 0.05) is 6.42 Å². The summed E-state index contributed by atoms with van der Waals surface area (Å²) >= 11 is 1.93. The van der Waals surface area contributed by atoms with Gasteiger partial charge in [-0.15, -0.1) is 0 Å². The van der Waals surface area contributed by atoms with E-state index in [-0.39, 0.29) is 0 Å². The molecule has 2 heteroatoms. The van der Waals surface area contributed by atoms with Crippen LogP contribution in [-0.4, -0.2) is 16.8 Å². The molecule has 4 atom stereocenters. The van der Waals surface area contributed by atoms with Crippen molar-refractivity contribution in [3.63, 3.8) is 0 Å². The smallest absolute Gasteiger partial charge is 0.146 e. The Morgan fingerprint density at radius 2 is 2.06 bits per heavy atom. The van der Waals surface area contributed by atoms with Crippen LogP contribution in [0.3, 0.4) is 0 Å². The Balaban J connectivity index is 1.52. The summed E-state index contributed by atoms with van der Waals surface area (Å²) < 4.78 is 0. The molecule has 0 spiro atoms. The summed E-state index contributed by atoms with van der Waals surface area (Å²) in [6.45, 7) is 0. The van der Waals surface area contributed by atoms with E-state index in [4.69, 9.17) is 0 Å². The van der Waals surface area contributed by atoms with Crippen LogP contribution < -0.4 is 0 Å². The maximum absolute atomic E-state index is 12.2. The number of Topliss-reactive ketones (excluding diaryl/α,β-unsaturated/α-hetero) is 1. The number of hydrogen-bond donors (Lipinski definition) is 0. The van der Waals surface area contributed by atoms with Crippen molar-refractivity contribution in [1.82, 2.24) is 0 Å². The molecule has 1 saturated heterocycles. The Bertz CT molecular complexity index is 270. The molecule has 90 valence electrons. The van der Waals surface area contributed by atoms with Gasteiger partial charge in [0.05, 0.1) is 5.25 Å². The van der Waals surface area contributed by atoms with Gasteiger partial charge in [-0.2, -0.15) is 11.8 Å². The Morgan fingerprint density at radius 3 is 2.69 bits per heavy atom. The third kappa shape index (κ3) is 2.18. The zero-order valence-electron chi connectivity index (χ0n) is 9.99. The van der Waals surface area contributed by atoms with Crippen LogP contribution in [0.5, 0.6) is 0 Å². The van der Waals surface area contributed by atoms with Gasteiger partial charge in [0.1, 0.15) is 5.78 Å². The highest BCUT2D eigenvalue weighted by atomic mass is 32.2. The largest absolute Gasteiger partial charge is 0.298 e. The third-order valence-corrected chi connectivity index (χ3v) is 6.31. The lowest BCUT2D eigenvalue weighted by Crippen LogP contribution is -2.25. The fourth-order valence-electron chi connectivity index (χ4n) is 4.01. The molecule has 3 rings (SSSR count). The Hall–Kier alpha value is 0.0200. The summed E-state index contributed by atoms with van der Waals surface area (Å²) in [7, 11) is 0. The number of rotatable bonds is 3. The second-order valence-corrected chi connectivity index (χ2v) is 7.27. The number of thioether (sulfide) groups is 1. The SMILES string of the molecule is O=C(CC1CC2CCC1C2)C1CCCCS1. The molecule has 2 saturated carbocycles. The van der Waals surface area contributed by atoms with Crippen molar-refractivity contribution in [2.75, 3.05) is 5.75 Å². The molecule has 1 nitrogen and oxygen atoms in total. The van der Waals surface area contributed by atoms with Crippen LogP contribution in [0.25, 0.3) is 0 Å². The van der Waals surface area contributed by atoms with E-state index in [1.165, 1.54) is 44.3 Å². The van der Waals surface area contributed by atoms with Gasteiger partial charge >= 0.3 is 0 Å². The number of fused-ring (bicyclic) bond motifs is 2. The fourth-order valence-corrected chi connectivity index (χ4v) is 5.28. The lowest BCUT2D eigenvalue weighted by Gasteiger charge is -2.25. The summed E-state index contributed by atoms with van der Waals surface area (Å²) in [6.07, 6.45) is 10.4. The standard InChI is InChI=1S/C14H22OS/c15-13(14-3-1-2-6-16-14)9-12-8-10-4-5-11(12)7-10/h10-12,14H,1-9H2. The van der Waals surface area contributed by atoms with E-state index in [9.17, 15) is 4.79 Å². The minimum Gasteiger partial charge on any atom is -0.298 e. The molecular formula is C14H22OS. The maximum Gasteiger partial charge on any atom is 0.146 e. The van der Waals surface area contributed by atoms with Crippen LogP contribution in [0.15, 0.2) is 0 Å². The Morgan fingerprint density at radius 1 is 1.12 bits per heavy atom. The minimum atomic E-state index is 0.368. The molecule has 0 aromatic heterocycles. The summed E-state index contributed by atoms with van der Waals surface area (Å²) in [5, 5.41) is 0.368. The van der Waals surface area contributed by atoms with Crippen LogP contribution >= 0.6 is 11.8 Å². The molecule has 3 fully saturated rings. The van der Waals surface area contributed by atoms with Crippen molar-refractivity contribution in [3.8, 4) is 0 Å². The first kappa shape index (κ1) is 11.1. The minimum absolute atomic E-state index is 0.368. The molecule has 0 aromatic rings. The lowest BCUT2D eigenvalue weighted by atomic mass is 9.84. The van der Waals surface area contributed by atoms with Crippen LogP contribution in [0.2, 0.25) is 0 Å². The van der Waals surface area contributed by atoms with Gasteiger partial charge in [0.2, 0.25) is 0 Å². The van der Waals surface area contributed by atoms with Crippen molar-refractivity contribution in [2.45, 2.75) is 56.6 Å². The Kier molecular flexibility index (Phi) is 3.28. The van der Waals surface area contributed by atoms with Gasteiger partial charge in [-0.3, -0.25) is 4.79 Å². The zero-order valence-corrected chi connectivity index (χ0v) is 10.8. The van der Waals surface area contributed by atoms with Gasteiger partial charge in [-0.1, -0.05) is 12.8 Å². The number of carbonyl (C=O) groups excluding carboxylic acids is 1. The summed E-state index contributed by atoms with van der Waals surface area (Å²) in [6, 6.07) is 0. The molecule has 16 heavy (non-hydrogen) atoms. The predicted molar refractivity (Wildman–Crippen MR) is 68.7 cm³/mol. The first-order valence-electron chi connectivity index (χ1n) is 6.97. The van der Waals surface area contributed by atoms with E-state index < -0.39 is 0 Å². The summed E-state index contributed by atoms with van der Waals surface area (Å²) in [4.78, 5) is 12.2. The van der Waals surface area contributed by atoms with E-state index in [1.807, 2.05) is 11.8 Å². The van der Waals surface area contributed by atoms with Crippen LogP contribution in [0.4, 0.5) is 0 Å². The van der Waals surface area contributed by atoms with E-state index in [0.717, 1.165) is 30.6 Å². The number of carbonyl (C=O) groups is 1. The van der Waals surface area contributed by atoms with Gasteiger partial charge in [0.25, 0.3) is 0 Å². The third-order valence-electron chi connectivity index (χ3n) is 4.89. The summed E-state index contributed by atoms with van der Waals surface area (Å²) in [5.41, 5.74) is 0. The normalized spacial score (nSPS) is 42.5. The highest BCUT2D eigenvalue weighted by Crippen LogP contribution is 2.50. The van der Waals surface area contributed by atoms with Crippen molar-refractivity contribution < 1.29 is 4.79 Å². The fraction of sp³-hybridized carbons (Fsp3) is 0.929. The number of ketones is 1. The van der Waals surface area contributed by atoms with Crippen LogP contribution in [0, 0.1) is 17.8 Å². The monoisotopic (exact) mass is 238 g/mol. The average Bonchev–Trinajstić information content (AvgIpc) is 2.92. The second kappa shape index (κ2) is 4.72. The average molecular weight is 238 g/mol. The molecule has 0 N–H and O–H groups in total. The van der Waals surface area contributed by atoms with Crippen molar-refractivity contribution in [1.29, 1.82) is 0 Å².